The minimum atomic E-state index is -0.627. The van der Waals surface area contributed by atoms with Crippen molar-refractivity contribution in [3.63, 3.8) is 0 Å². The molecule has 19 heavy (non-hydrogen) atoms. The number of hydrogen-bond donors (Lipinski definition) is 2. The van der Waals surface area contributed by atoms with Crippen LogP contribution in [-0.2, 0) is 0 Å². The summed E-state index contributed by atoms with van der Waals surface area (Å²) in [7, 11) is 0. The molecule has 102 valence electrons. The molecule has 0 aliphatic carbocycles. The Bertz CT molecular complexity index is 553. The summed E-state index contributed by atoms with van der Waals surface area (Å²) >= 11 is 7.40. The van der Waals surface area contributed by atoms with E-state index in [2.05, 4.69) is 4.98 Å². The Morgan fingerprint density at radius 1 is 1.32 bits per heavy atom. The molecule has 0 amide bonds. The van der Waals surface area contributed by atoms with Crippen LogP contribution in [0.4, 0.5) is 0 Å². The molecule has 0 bridgehead atoms. The van der Waals surface area contributed by atoms with Crippen molar-refractivity contribution in [3.8, 4) is 0 Å². The lowest BCUT2D eigenvalue weighted by molar-refractivity contribution is 0.150. The van der Waals surface area contributed by atoms with E-state index < -0.39 is 6.10 Å². The standard InChI is InChI=1S/C14H17ClN2OS/c1-8-14(19-9(2)17-8)13(18)12(7-16)10-3-5-11(15)6-4-10/h3-6,12-13,18H,7,16H2,1-2H3. The van der Waals surface area contributed by atoms with Gasteiger partial charge < -0.3 is 10.8 Å². The highest BCUT2D eigenvalue weighted by Crippen LogP contribution is 2.35. The highest BCUT2D eigenvalue weighted by atomic mass is 35.5. The lowest BCUT2D eigenvalue weighted by Crippen LogP contribution is -2.20. The molecule has 3 nitrogen and oxygen atoms in total. The third-order valence-corrected chi connectivity index (χ3v) is 4.54. The molecule has 0 aliphatic heterocycles. The summed E-state index contributed by atoms with van der Waals surface area (Å²) in [5, 5.41) is 12.2. The molecule has 0 saturated heterocycles. The molecule has 2 rings (SSSR count). The summed E-state index contributed by atoms with van der Waals surface area (Å²) in [5.41, 5.74) is 7.70. The smallest absolute Gasteiger partial charge is 0.0981 e. The minimum absolute atomic E-state index is 0.143. The molecule has 0 saturated carbocycles. The van der Waals surface area contributed by atoms with Crippen LogP contribution < -0.4 is 5.73 Å². The van der Waals surface area contributed by atoms with Gasteiger partial charge in [-0.3, -0.25) is 0 Å². The molecule has 0 spiro atoms. The van der Waals surface area contributed by atoms with Crippen LogP contribution in [0.25, 0.3) is 0 Å². The number of aliphatic hydroxyl groups excluding tert-OH is 1. The van der Waals surface area contributed by atoms with Crippen LogP contribution in [0, 0.1) is 13.8 Å². The van der Waals surface area contributed by atoms with E-state index in [1.165, 1.54) is 11.3 Å². The number of benzene rings is 1. The van der Waals surface area contributed by atoms with Crippen molar-refractivity contribution in [2.45, 2.75) is 25.9 Å². The fourth-order valence-electron chi connectivity index (χ4n) is 2.16. The first-order chi connectivity index (χ1) is 9.02. The Morgan fingerprint density at radius 2 is 1.95 bits per heavy atom. The maximum Gasteiger partial charge on any atom is 0.0981 e. The largest absolute Gasteiger partial charge is 0.387 e. The van der Waals surface area contributed by atoms with Gasteiger partial charge in [-0.05, 0) is 31.5 Å². The number of aryl methyl sites for hydroxylation is 2. The molecule has 0 aliphatic rings. The molecule has 2 unspecified atom stereocenters. The Hall–Kier alpha value is -0.940. The van der Waals surface area contributed by atoms with Crippen molar-refractivity contribution >= 4 is 22.9 Å². The van der Waals surface area contributed by atoms with Gasteiger partial charge in [0.25, 0.3) is 0 Å². The summed E-state index contributed by atoms with van der Waals surface area (Å²) in [4.78, 5) is 5.24. The zero-order valence-corrected chi connectivity index (χ0v) is 12.5. The van der Waals surface area contributed by atoms with E-state index in [0.29, 0.717) is 11.6 Å². The summed E-state index contributed by atoms with van der Waals surface area (Å²) < 4.78 is 0. The third kappa shape index (κ3) is 3.15. The van der Waals surface area contributed by atoms with Crippen LogP contribution in [0.2, 0.25) is 5.02 Å². The Kier molecular flexibility index (Phi) is 4.58. The van der Waals surface area contributed by atoms with Gasteiger partial charge in [-0.15, -0.1) is 11.3 Å². The molecule has 1 aromatic heterocycles. The first-order valence-electron chi connectivity index (χ1n) is 6.10. The number of halogens is 1. The van der Waals surface area contributed by atoms with Crippen LogP contribution >= 0.6 is 22.9 Å². The number of aliphatic hydroxyl groups is 1. The second-order valence-corrected chi connectivity index (χ2v) is 6.19. The van der Waals surface area contributed by atoms with Gasteiger partial charge in [0.05, 0.1) is 21.7 Å². The van der Waals surface area contributed by atoms with E-state index in [9.17, 15) is 5.11 Å². The summed E-state index contributed by atoms with van der Waals surface area (Å²) in [6, 6.07) is 7.45. The normalized spacial score (nSPS) is 14.4. The van der Waals surface area contributed by atoms with Crippen LogP contribution in [0.1, 0.15) is 33.2 Å². The lowest BCUT2D eigenvalue weighted by Gasteiger charge is -2.21. The predicted octanol–water partition coefficient (Wildman–Crippen LogP) is 3.19. The molecule has 2 atom stereocenters. The number of thiazole rings is 1. The van der Waals surface area contributed by atoms with Gasteiger partial charge in [-0.1, -0.05) is 23.7 Å². The minimum Gasteiger partial charge on any atom is -0.387 e. The number of rotatable bonds is 4. The van der Waals surface area contributed by atoms with Gasteiger partial charge in [0, 0.05) is 17.5 Å². The zero-order valence-electron chi connectivity index (χ0n) is 10.9. The molecular formula is C14H17ClN2OS. The quantitative estimate of drug-likeness (QED) is 0.911. The van der Waals surface area contributed by atoms with E-state index in [1.807, 2.05) is 38.1 Å². The van der Waals surface area contributed by atoms with E-state index >= 15 is 0 Å². The summed E-state index contributed by atoms with van der Waals surface area (Å²) in [6.45, 7) is 4.23. The van der Waals surface area contributed by atoms with E-state index in [4.69, 9.17) is 17.3 Å². The molecular weight excluding hydrogens is 280 g/mol. The molecule has 0 radical (unpaired) electrons. The summed E-state index contributed by atoms with van der Waals surface area (Å²) in [5.74, 6) is -0.143. The molecule has 2 aromatic rings. The average Bonchev–Trinajstić information content (AvgIpc) is 2.71. The third-order valence-electron chi connectivity index (χ3n) is 3.14. The second-order valence-electron chi connectivity index (χ2n) is 4.52. The predicted molar refractivity (Wildman–Crippen MR) is 79.8 cm³/mol. The second kappa shape index (κ2) is 6.01. The summed E-state index contributed by atoms with van der Waals surface area (Å²) in [6.07, 6.45) is -0.627. The lowest BCUT2D eigenvalue weighted by atomic mass is 9.92. The number of nitrogens with zero attached hydrogens (tertiary/aromatic N) is 1. The monoisotopic (exact) mass is 296 g/mol. The van der Waals surface area contributed by atoms with Gasteiger partial charge >= 0.3 is 0 Å². The van der Waals surface area contributed by atoms with Crippen LogP contribution in [0.5, 0.6) is 0 Å². The number of aromatic nitrogens is 1. The molecule has 1 heterocycles. The van der Waals surface area contributed by atoms with Gasteiger partial charge in [0.15, 0.2) is 0 Å². The molecule has 3 N–H and O–H groups in total. The van der Waals surface area contributed by atoms with Gasteiger partial charge in [0.1, 0.15) is 0 Å². The van der Waals surface area contributed by atoms with Gasteiger partial charge in [-0.25, -0.2) is 4.98 Å². The maximum absolute atomic E-state index is 10.6. The van der Waals surface area contributed by atoms with Crippen molar-refractivity contribution in [3.05, 3.63) is 50.4 Å². The molecule has 5 heteroatoms. The molecule has 1 aromatic carbocycles. The highest BCUT2D eigenvalue weighted by molar-refractivity contribution is 7.11. The fraction of sp³-hybridized carbons (Fsp3) is 0.357. The number of hydrogen-bond acceptors (Lipinski definition) is 4. The fourth-order valence-corrected chi connectivity index (χ4v) is 3.27. The Balaban J connectivity index is 2.31. The van der Waals surface area contributed by atoms with Crippen molar-refractivity contribution in [2.75, 3.05) is 6.54 Å². The van der Waals surface area contributed by atoms with Crippen molar-refractivity contribution in [1.29, 1.82) is 0 Å². The Morgan fingerprint density at radius 3 is 2.42 bits per heavy atom. The average molecular weight is 297 g/mol. The van der Waals surface area contributed by atoms with Gasteiger partial charge in [-0.2, -0.15) is 0 Å². The van der Waals surface area contributed by atoms with Crippen LogP contribution in [0.15, 0.2) is 24.3 Å². The topological polar surface area (TPSA) is 59.1 Å². The van der Waals surface area contributed by atoms with Crippen molar-refractivity contribution in [1.82, 2.24) is 4.98 Å². The van der Waals surface area contributed by atoms with E-state index in [1.54, 1.807) is 0 Å². The Labute approximate surface area is 122 Å². The first-order valence-corrected chi connectivity index (χ1v) is 7.30. The zero-order chi connectivity index (χ0) is 14.0. The van der Waals surface area contributed by atoms with Crippen LogP contribution in [-0.4, -0.2) is 16.6 Å². The maximum atomic E-state index is 10.6. The van der Waals surface area contributed by atoms with Gasteiger partial charge in [0.2, 0.25) is 0 Å². The first kappa shape index (κ1) is 14.5. The van der Waals surface area contributed by atoms with Crippen LogP contribution in [0.3, 0.4) is 0 Å². The SMILES string of the molecule is Cc1nc(C)c(C(O)C(CN)c2ccc(Cl)cc2)s1. The van der Waals surface area contributed by atoms with E-state index in [0.717, 1.165) is 21.1 Å². The molecule has 0 fully saturated rings. The van der Waals surface area contributed by atoms with E-state index in [-0.39, 0.29) is 5.92 Å². The van der Waals surface area contributed by atoms with Crippen molar-refractivity contribution < 1.29 is 5.11 Å². The van der Waals surface area contributed by atoms with Crippen molar-refractivity contribution in [2.24, 2.45) is 5.73 Å². The number of nitrogens with two attached hydrogens (primary N) is 1. The highest BCUT2D eigenvalue weighted by Gasteiger charge is 2.25.